The van der Waals surface area contributed by atoms with Crippen LogP contribution in [0.4, 0.5) is 16.5 Å². The van der Waals surface area contributed by atoms with E-state index in [4.69, 9.17) is 5.73 Å². The van der Waals surface area contributed by atoms with E-state index in [1.807, 2.05) is 32.0 Å². The number of amides is 1. The molecule has 1 aromatic heterocycles. The molecule has 1 heterocycles. The Labute approximate surface area is 121 Å². The van der Waals surface area contributed by atoms with Crippen LogP contribution in [0.25, 0.3) is 0 Å². The summed E-state index contributed by atoms with van der Waals surface area (Å²) in [7, 11) is 3.80. The number of nitrogen functional groups attached to an aromatic ring is 1. The number of hydrogen-bond acceptors (Lipinski definition) is 6. The van der Waals surface area contributed by atoms with E-state index in [0.717, 1.165) is 17.1 Å². The summed E-state index contributed by atoms with van der Waals surface area (Å²) in [6, 6.07) is 5.22. The van der Waals surface area contributed by atoms with E-state index in [-0.39, 0.29) is 5.91 Å². The van der Waals surface area contributed by atoms with Crippen molar-refractivity contribution in [2.75, 3.05) is 30.0 Å². The first-order chi connectivity index (χ1) is 9.51. The number of carbonyl (C=O) groups excluding carboxylic acids is 1. The van der Waals surface area contributed by atoms with Crippen LogP contribution in [0.1, 0.15) is 22.3 Å². The molecule has 0 fully saturated rings. The van der Waals surface area contributed by atoms with E-state index >= 15 is 0 Å². The zero-order valence-electron chi connectivity index (χ0n) is 11.7. The zero-order chi connectivity index (χ0) is 14.7. The summed E-state index contributed by atoms with van der Waals surface area (Å²) < 4.78 is 0. The van der Waals surface area contributed by atoms with Crippen LogP contribution < -0.4 is 16.0 Å². The van der Waals surface area contributed by atoms with Gasteiger partial charge in [-0.15, -0.1) is 10.2 Å². The Balaban J connectivity index is 2.15. The highest BCUT2D eigenvalue weighted by Gasteiger charge is 2.11. The number of benzene rings is 1. The molecule has 3 N–H and O–H groups in total. The topological polar surface area (TPSA) is 84.1 Å². The van der Waals surface area contributed by atoms with Crippen molar-refractivity contribution in [3.05, 3.63) is 28.8 Å². The molecule has 2 rings (SSSR count). The van der Waals surface area contributed by atoms with E-state index < -0.39 is 0 Å². The summed E-state index contributed by atoms with van der Waals surface area (Å²) in [6.07, 6.45) is 0.804. The third-order valence-corrected chi connectivity index (χ3v) is 3.74. The summed E-state index contributed by atoms with van der Waals surface area (Å²) in [5.74, 6) is -0.235. The molecule has 0 radical (unpaired) electrons. The number of carbonyl (C=O) groups is 1. The molecule has 0 aliphatic heterocycles. The first-order valence-corrected chi connectivity index (χ1v) is 7.03. The maximum Gasteiger partial charge on any atom is 0.257 e. The molecule has 7 heteroatoms. The summed E-state index contributed by atoms with van der Waals surface area (Å²) in [5.41, 5.74) is 7.88. The van der Waals surface area contributed by atoms with E-state index in [1.54, 1.807) is 12.1 Å². The second kappa shape index (κ2) is 5.87. The van der Waals surface area contributed by atoms with Crippen molar-refractivity contribution in [3.8, 4) is 0 Å². The number of rotatable bonds is 4. The van der Waals surface area contributed by atoms with Crippen molar-refractivity contribution in [2.24, 2.45) is 0 Å². The van der Waals surface area contributed by atoms with E-state index in [9.17, 15) is 4.79 Å². The number of hydrogen-bond donors (Lipinski definition) is 2. The Morgan fingerprint density at radius 2 is 2.15 bits per heavy atom. The van der Waals surface area contributed by atoms with Gasteiger partial charge in [-0.05, 0) is 24.6 Å². The normalized spacial score (nSPS) is 10.3. The quantitative estimate of drug-likeness (QED) is 0.842. The molecular formula is C13H17N5OS. The van der Waals surface area contributed by atoms with Crippen LogP contribution in [0.3, 0.4) is 0 Å². The fourth-order valence-electron chi connectivity index (χ4n) is 1.72. The summed E-state index contributed by atoms with van der Waals surface area (Å²) in [5, 5.41) is 12.0. The molecule has 0 spiro atoms. The van der Waals surface area contributed by atoms with E-state index in [1.165, 1.54) is 11.3 Å². The number of nitrogens with two attached hydrogens (primary N) is 1. The van der Waals surface area contributed by atoms with Gasteiger partial charge in [-0.25, -0.2) is 0 Å². The molecule has 0 saturated heterocycles. The first kappa shape index (κ1) is 14.3. The van der Waals surface area contributed by atoms with Crippen LogP contribution in [0.2, 0.25) is 0 Å². The molecule has 0 aliphatic rings. The molecule has 2 aromatic rings. The Bertz CT molecular complexity index is 623. The van der Waals surface area contributed by atoms with Crippen LogP contribution in [0.15, 0.2) is 18.2 Å². The Kier molecular flexibility index (Phi) is 4.19. The van der Waals surface area contributed by atoms with E-state index in [2.05, 4.69) is 15.5 Å². The highest BCUT2D eigenvalue weighted by molar-refractivity contribution is 7.15. The number of nitrogens with zero attached hydrogens (tertiary/aromatic N) is 3. The van der Waals surface area contributed by atoms with Gasteiger partial charge in [0.25, 0.3) is 5.91 Å². The third kappa shape index (κ3) is 3.05. The number of aromatic nitrogens is 2. The summed E-state index contributed by atoms with van der Waals surface area (Å²) >= 11 is 1.37. The van der Waals surface area contributed by atoms with Gasteiger partial charge in [-0.1, -0.05) is 18.3 Å². The van der Waals surface area contributed by atoms with Gasteiger partial charge >= 0.3 is 0 Å². The number of nitrogens with one attached hydrogen (secondary N) is 1. The smallest absolute Gasteiger partial charge is 0.257 e. The molecule has 20 heavy (non-hydrogen) atoms. The van der Waals surface area contributed by atoms with Gasteiger partial charge in [0.1, 0.15) is 5.01 Å². The van der Waals surface area contributed by atoms with Gasteiger partial charge in [0, 0.05) is 19.7 Å². The van der Waals surface area contributed by atoms with Crippen molar-refractivity contribution >= 4 is 33.8 Å². The fourth-order valence-corrected chi connectivity index (χ4v) is 2.39. The fraction of sp³-hybridized carbons (Fsp3) is 0.308. The molecule has 0 unspecified atom stereocenters. The molecule has 6 nitrogen and oxygen atoms in total. The molecule has 0 saturated carbocycles. The second-order valence-electron chi connectivity index (χ2n) is 4.48. The van der Waals surface area contributed by atoms with Gasteiger partial charge in [-0.3, -0.25) is 10.1 Å². The van der Waals surface area contributed by atoms with Gasteiger partial charge in [0.2, 0.25) is 5.13 Å². The molecule has 1 amide bonds. The lowest BCUT2D eigenvalue weighted by molar-refractivity contribution is 0.102. The van der Waals surface area contributed by atoms with E-state index in [0.29, 0.717) is 16.4 Å². The lowest BCUT2D eigenvalue weighted by Crippen LogP contribution is -2.14. The Hall–Kier alpha value is -2.15. The predicted molar refractivity (Wildman–Crippen MR) is 82.4 cm³/mol. The minimum Gasteiger partial charge on any atom is -0.397 e. The van der Waals surface area contributed by atoms with Gasteiger partial charge in [-0.2, -0.15) is 0 Å². The molecule has 0 aliphatic carbocycles. The van der Waals surface area contributed by atoms with Crippen LogP contribution in [0.5, 0.6) is 0 Å². The monoisotopic (exact) mass is 291 g/mol. The van der Waals surface area contributed by atoms with Crippen molar-refractivity contribution in [1.29, 1.82) is 0 Å². The average Bonchev–Trinajstić information content (AvgIpc) is 2.85. The molecule has 1 aromatic carbocycles. The maximum absolute atomic E-state index is 12.1. The number of aryl methyl sites for hydroxylation is 1. The molecule has 0 atom stereocenters. The minimum absolute atomic E-state index is 0.235. The van der Waals surface area contributed by atoms with Crippen LogP contribution >= 0.6 is 11.3 Å². The third-order valence-electron chi connectivity index (χ3n) is 2.76. The SMILES string of the molecule is CCc1nnc(NC(=O)c2ccc(N(C)C)c(N)c2)s1. The maximum atomic E-state index is 12.1. The van der Waals surface area contributed by atoms with Crippen LogP contribution in [-0.2, 0) is 6.42 Å². The van der Waals surface area contributed by atoms with Crippen molar-refractivity contribution in [1.82, 2.24) is 10.2 Å². The van der Waals surface area contributed by atoms with Gasteiger partial charge < -0.3 is 10.6 Å². The lowest BCUT2D eigenvalue weighted by Gasteiger charge is -2.15. The average molecular weight is 291 g/mol. The van der Waals surface area contributed by atoms with Crippen LogP contribution in [-0.4, -0.2) is 30.2 Å². The zero-order valence-corrected chi connectivity index (χ0v) is 12.5. The number of anilines is 3. The Morgan fingerprint density at radius 3 is 2.70 bits per heavy atom. The molecule has 106 valence electrons. The molecular weight excluding hydrogens is 274 g/mol. The predicted octanol–water partition coefficient (Wildman–Crippen LogP) is 2.00. The van der Waals surface area contributed by atoms with Crippen LogP contribution in [0, 0.1) is 0 Å². The highest BCUT2D eigenvalue weighted by atomic mass is 32.1. The second-order valence-corrected chi connectivity index (χ2v) is 5.54. The summed E-state index contributed by atoms with van der Waals surface area (Å²) in [4.78, 5) is 14.0. The van der Waals surface area contributed by atoms with Gasteiger partial charge in [0.15, 0.2) is 0 Å². The molecule has 0 bridgehead atoms. The van der Waals surface area contributed by atoms with Crippen molar-refractivity contribution < 1.29 is 4.79 Å². The van der Waals surface area contributed by atoms with Crippen molar-refractivity contribution in [3.63, 3.8) is 0 Å². The Morgan fingerprint density at radius 1 is 1.40 bits per heavy atom. The largest absolute Gasteiger partial charge is 0.397 e. The minimum atomic E-state index is -0.235. The standard InChI is InChI=1S/C13H17N5OS/c1-4-11-16-17-13(20-11)15-12(19)8-5-6-10(18(2)3)9(14)7-8/h5-7H,4,14H2,1-3H3,(H,15,17,19). The van der Waals surface area contributed by atoms with Gasteiger partial charge in [0.05, 0.1) is 11.4 Å². The first-order valence-electron chi connectivity index (χ1n) is 6.21. The highest BCUT2D eigenvalue weighted by Crippen LogP contribution is 2.23. The lowest BCUT2D eigenvalue weighted by atomic mass is 10.1. The van der Waals surface area contributed by atoms with Crippen molar-refractivity contribution in [2.45, 2.75) is 13.3 Å². The summed E-state index contributed by atoms with van der Waals surface area (Å²) in [6.45, 7) is 1.99.